The van der Waals surface area contributed by atoms with Gasteiger partial charge in [0.25, 0.3) is 23.3 Å². The second-order valence-electron chi connectivity index (χ2n) is 10.2. The fourth-order valence-corrected chi connectivity index (χ4v) is 5.01. The van der Waals surface area contributed by atoms with E-state index < -0.39 is 35.3 Å². The molecule has 3 N–H and O–H groups in total. The zero-order chi connectivity index (χ0) is 29.9. The van der Waals surface area contributed by atoms with Gasteiger partial charge in [0.2, 0.25) is 0 Å². The van der Waals surface area contributed by atoms with Gasteiger partial charge in [-0.2, -0.15) is 0 Å². The van der Waals surface area contributed by atoms with Crippen LogP contribution in [0, 0.1) is 5.82 Å². The fraction of sp³-hybridized carbons (Fsp3) is 0.194. The Morgan fingerprint density at radius 3 is 2.56 bits per heavy atom. The van der Waals surface area contributed by atoms with Gasteiger partial charge in [-0.25, -0.2) is 4.39 Å². The van der Waals surface area contributed by atoms with Crippen molar-refractivity contribution in [3.05, 3.63) is 112 Å². The van der Waals surface area contributed by atoms with Gasteiger partial charge in [-0.15, -0.1) is 0 Å². The molecule has 1 aromatic heterocycles. The van der Waals surface area contributed by atoms with Crippen LogP contribution in [0.5, 0.6) is 11.5 Å². The first kappa shape index (κ1) is 27.6. The summed E-state index contributed by atoms with van der Waals surface area (Å²) in [5.74, 6) is -1.31. The van der Waals surface area contributed by atoms with E-state index in [0.29, 0.717) is 22.6 Å². The summed E-state index contributed by atoms with van der Waals surface area (Å²) in [4.78, 5) is 58.5. The Labute approximate surface area is 244 Å². The van der Waals surface area contributed by atoms with Gasteiger partial charge in [0.1, 0.15) is 29.1 Å². The number of fused-ring (bicyclic) bond motifs is 7. The molecule has 3 aliphatic rings. The number of aromatic nitrogens is 2. The predicted octanol–water partition coefficient (Wildman–Crippen LogP) is 2.29. The average Bonchev–Trinajstić information content (AvgIpc) is 3.40. The summed E-state index contributed by atoms with van der Waals surface area (Å²) in [6, 6.07) is 17.4. The standard InChI is InChI=1S/C31H26FN5O6/c32-24-9-6-20-11-23(24)30(40)36-26-15-37(31(41)25-13-33-14-28(38)35-25)16-27(26)43-21-7-4-18(5-8-21)12-34-29(39)17-42-22-3-1-2-19(20)10-22/h1-11,13-14,26-27H,12,15-17H2,(H,34,39)(H,35,38)(H,36,40)/t26-,27-/m0/s1. The normalized spacial score (nSPS) is 18.5. The van der Waals surface area contributed by atoms with E-state index in [4.69, 9.17) is 9.47 Å². The number of carbonyl (C=O) groups excluding carboxylic acids is 3. The summed E-state index contributed by atoms with van der Waals surface area (Å²) in [5.41, 5.74) is 1.31. The molecule has 4 heterocycles. The number of nitrogens with one attached hydrogen (secondary N) is 3. The van der Waals surface area contributed by atoms with Crippen LogP contribution in [0.3, 0.4) is 0 Å². The first-order chi connectivity index (χ1) is 20.8. The Morgan fingerprint density at radius 1 is 0.930 bits per heavy atom. The first-order valence-corrected chi connectivity index (χ1v) is 13.5. The number of halogens is 1. The molecule has 11 nitrogen and oxygen atoms in total. The molecule has 2 atom stereocenters. The molecular formula is C31H26FN5O6. The number of hydrogen-bond acceptors (Lipinski definition) is 7. The third-order valence-electron chi connectivity index (χ3n) is 7.20. The molecule has 0 spiro atoms. The Balaban J connectivity index is 1.34. The predicted molar refractivity (Wildman–Crippen MR) is 152 cm³/mol. The van der Waals surface area contributed by atoms with Crippen molar-refractivity contribution in [1.82, 2.24) is 25.5 Å². The molecule has 0 unspecified atom stereocenters. The quantitative estimate of drug-likeness (QED) is 0.312. The largest absolute Gasteiger partial charge is 0.486 e. The summed E-state index contributed by atoms with van der Waals surface area (Å²) in [6.45, 7) is 0.187. The van der Waals surface area contributed by atoms with Crippen LogP contribution in [-0.4, -0.2) is 64.4 Å². The number of hydrogen-bond donors (Lipinski definition) is 3. The summed E-state index contributed by atoms with van der Waals surface area (Å²) in [6.07, 6.45) is 1.61. The molecule has 0 radical (unpaired) electrons. The van der Waals surface area contributed by atoms with Crippen LogP contribution in [-0.2, 0) is 11.3 Å². The van der Waals surface area contributed by atoms with E-state index in [2.05, 4.69) is 20.6 Å². The monoisotopic (exact) mass is 583 g/mol. The zero-order valence-electron chi connectivity index (χ0n) is 22.7. The maximum atomic E-state index is 15.0. The van der Waals surface area contributed by atoms with Gasteiger partial charge in [0.15, 0.2) is 6.61 Å². The highest BCUT2D eigenvalue weighted by molar-refractivity contribution is 5.96. The van der Waals surface area contributed by atoms with Crippen molar-refractivity contribution in [2.75, 3.05) is 19.7 Å². The molecule has 3 amide bonds. The number of carbonyl (C=O) groups is 3. The highest BCUT2D eigenvalue weighted by Gasteiger charge is 2.39. The average molecular weight is 584 g/mol. The minimum Gasteiger partial charge on any atom is -0.486 e. The fourth-order valence-electron chi connectivity index (χ4n) is 5.01. The van der Waals surface area contributed by atoms with Gasteiger partial charge in [0, 0.05) is 13.1 Å². The van der Waals surface area contributed by atoms with Crippen LogP contribution in [0.2, 0.25) is 0 Å². The highest BCUT2D eigenvalue weighted by Crippen LogP contribution is 2.27. The molecule has 1 saturated heterocycles. The summed E-state index contributed by atoms with van der Waals surface area (Å²) in [5, 5.41) is 5.66. The summed E-state index contributed by atoms with van der Waals surface area (Å²) in [7, 11) is 0. The third kappa shape index (κ3) is 6.22. The molecule has 1 fully saturated rings. The number of ether oxygens (including phenoxy) is 2. The van der Waals surface area contributed by atoms with E-state index in [0.717, 1.165) is 11.8 Å². The lowest BCUT2D eigenvalue weighted by Crippen LogP contribution is -2.45. The van der Waals surface area contributed by atoms with E-state index in [1.165, 1.54) is 23.2 Å². The minimum absolute atomic E-state index is 0.00746. The second kappa shape index (κ2) is 11.8. The van der Waals surface area contributed by atoms with Gasteiger partial charge in [-0.05, 0) is 53.1 Å². The maximum absolute atomic E-state index is 15.0. The van der Waals surface area contributed by atoms with Crippen LogP contribution in [0.25, 0.3) is 11.1 Å². The SMILES string of the molecule is O=C1COc2cccc(c2)-c2ccc(F)c(c2)C(=O)N[C@H]2CN(C(=O)c3cncc(=O)[nH]3)C[C@@H]2Oc2ccc(cc2)CN1. The number of amides is 3. The number of aromatic amines is 1. The Morgan fingerprint density at radius 2 is 1.74 bits per heavy atom. The van der Waals surface area contributed by atoms with Crippen LogP contribution in [0.1, 0.15) is 26.4 Å². The van der Waals surface area contributed by atoms with Crippen molar-refractivity contribution in [2.45, 2.75) is 18.7 Å². The lowest BCUT2D eigenvalue weighted by molar-refractivity contribution is -0.123. The van der Waals surface area contributed by atoms with E-state index in [1.54, 1.807) is 54.6 Å². The molecule has 7 rings (SSSR count). The van der Waals surface area contributed by atoms with Crippen LogP contribution < -0.4 is 25.7 Å². The summed E-state index contributed by atoms with van der Waals surface area (Å²) >= 11 is 0. The van der Waals surface area contributed by atoms with Gasteiger partial charge in [-0.3, -0.25) is 24.2 Å². The Bertz CT molecular complexity index is 1760. The molecule has 218 valence electrons. The topological polar surface area (TPSA) is 143 Å². The van der Waals surface area contributed by atoms with Crippen molar-refractivity contribution in [2.24, 2.45) is 0 Å². The minimum atomic E-state index is -0.723. The molecule has 12 heteroatoms. The van der Waals surface area contributed by atoms with Crippen LogP contribution >= 0.6 is 0 Å². The maximum Gasteiger partial charge on any atom is 0.272 e. The number of rotatable bonds is 1. The van der Waals surface area contributed by atoms with Gasteiger partial charge in [0.05, 0.1) is 30.5 Å². The molecule has 3 aromatic carbocycles. The molecule has 6 bridgehead atoms. The van der Waals surface area contributed by atoms with E-state index in [1.807, 2.05) is 0 Å². The second-order valence-corrected chi connectivity index (χ2v) is 10.2. The highest BCUT2D eigenvalue weighted by atomic mass is 19.1. The lowest BCUT2D eigenvalue weighted by Gasteiger charge is -2.21. The van der Waals surface area contributed by atoms with Crippen LogP contribution in [0.15, 0.2) is 83.9 Å². The molecule has 4 aromatic rings. The number of likely N-dealkylation sites (tertiary alicyclic amines) is 1. The lowest BCUT2D eigenvalue weighted by atomic mass is 10.0. The van der Waals surface area contributed by atoms with Crippen molar-refractivity contribution < 1.29 is 28.2 Å². The Kier molecular flexibility index (Phi) is 7.56. The van der Waals surface area contributed by atoms with E-state index in [-0.39, 0.29) is 43.4 Å². The van der Waals surface area contributed by atoms with Gasteiger partial charge >= 0.3 is 0 Å². The molecule has 43 heavy (non-hydrogen) atoms. The van der Waals surface area contributed by atoms with E-state index >= 15 is 0 Å². The molecule has 3 aliphatic heterocycles. The first-order valence-electron chi connectivity index (χ1n) is 13.5. The molecule has 0 saturated carbocycles. The van der Waals surface area contributed by atoms with Crippen molar-refractivity contribution in [3.63, 3.8) is 0 Å². The smallest absolute Gasteiger partial charge is 0.272 e. The van der Waals surface area contributed by atoms with Gasteiger partial charge in [-0.1, -0.05) is 30.3 Å². The van der Waals surface area contributed by atoms with Gasteiger partial charge < -0.3 is 30.0 Å². The number of H-pyrrole nitrogens is 1. The molecular weight excluding hydrogens is 557 g/mol. The van der Waals surface area contributed by atoms with Crippen molar-refractivity contribution in [3.8, 4) is 22.6 Å². The third-order valence-corrected chi connectivity index (χ3v) is 7.20. The number of benzene rings is 3. The zero-order valence-corrected chi connectivity index (χ0v) is 22.7. The van der Waals surface area contributed by atoms with E-state index in [9.17, 15) is 23.6 Å². The van der Waals surface area contributed by atoms with Crippen molar-refractivity contribution >= 4 is 17.7 Å². The van der Waals surface area contributed by atoms with Crippen molar-refractivity contribution in [1.29, 1.82) is 0 Å². The Hall–Kier alpha value is -5.52. The number of nitrogens with zero attached hydrogens (tertiary/aromatic N) is 2. The summed E-state index contributed by atoms with van der Waals surface area (Å²) < 4.78 is 26.8. The molecule has 0 aliphatic carbocycles. The van der Waals surface area contributed by atoms with Crippen LogP contribution in [0.4, 0.5) is 4.39 Å².